The molecule has 0 aliphatic heterocycles. The van der Waals surface area contributed by atoms with Crippen LogP contribution in [0.4, 0.5) is 0 Å². The summed E-state index contributed by atoms with van der Waals surface area (Å²) < 4.78 is 0. The van der Waals surface area contributed by atoms with Crippen LogP contribution in [0.25, 0.3) is 0 Å². The number of rotatable bonds is 0. The standard InChI is InChI=1S/C9H12/c1-3-5-7-9-8-6-4-2/h3-4,9H2,1-2H3. The Morgan fingerprint density at radius 3 is 1.56 bits per heavy atom. The van der Waals surface area contributed by atoms with E-state index in [0.29, 0.717) is 0 Å². The summed E-state index contributed by atoms with van der Waals surface area (Å²) in [5.41, 5.74) is 0. The van der Waals surface area contributed by atoms with Gasteiger partial charge in [0, 0.05) is 12.8 Å². The number of hydrogen-bond acceptors (Lipinski definition) is 0. The maximum absolute atomic E-state index is 2.95. The van der Waals surface area contributed by atoms with Crippen LogP contribution in [0.5, 0.6) is 0 Å². The molecule has 0 atom stereocenters. The third-order valence-electron chi connectivity index (χ3n) is 0.780. The van der Waals surface area contributed by atoms with Crippen molar-refractivity contribution in [2.24, 2.45) is 0 Å². The van der Waals surface area contributed by atoms with Gasteiger partial charge in [-0.3, -0.25) is 0 Å². The highest BCUT2D eigenvalue weighted by Crippen LogP contribution is 1.74. The van der Waals surface area contributed by atoms with E-state index in [2.05, 4.69) is 23.7 Å². The molecule has 0 unspecified atom stereocenters. The first-order chi connectivity index (χ1) is 4.41. The summed E-state index contributed by atoms with van der Waals surface area (Å²) in [5.74, 6) is 11.8. The lowest BCUT2D eigenvalue weighted by Crippen LogP contribution is -1.60. The van der Waals surface area contributed by atoms with Crippen LogP contribution in [-0.2, 0) is 0 Å². The third-order valence-corrected chi connectivity index (χ3v) is 0.780. The topological polar surface area (TPSA) is 0 Å². The van der Waals surface area contributed by atoms with Crippen LogP contribution in [0.15, 0.2) is 0 Å². The molecule has 0 aliphatic carbocycles. The van der Waals surface area contributed by atoms with Gasteiger partial charge in [-0.2, -0.15) is 0 Å². The highest BCUT2D eigenvalue weighted by molar-refractivity contribution is 5.10. The Bertz CT molecular complexity index is 136. The fourth-order valence-electron chi connectivity index (χ4n) is 0.419. The van der Waals surface area contributed by atoms with Gasteiger partial charge in [0.15, 0.2) is 0 Å². The van der Waals surface area contributed by atoms with Gasteiger partial charge in [0.1, 0.15) is 0 Å². The van der Waals surface area contributed by atoms with Crippen molar-refractivity contribution in [3.63, 3.8) is 0 Å². The monoisotopic (exact) mass is 120 g/mol. The van der Waals surface area contributed by atoms with E-state index in [1.54, 1.807) is 0 Å². The highest BCUT2D eigenvalue weighted by atomic mass is 13.7. The van der Waals surface area contributed by atoms with Gasteiger partial charge in [-0.05, 0) is 0 Å². The van der Waals surface area contributed by atoms with Crippen LogP contribution in [0.2, 0.25) is 0 Å². The lowest BCUT2D eigenvalue weighted by molar-refractivity contribution is 1.26. The van der Waals surface area contributed by atoms with Gasteiger partial charge in [0.2, 0.25) is 0 Å². The Morgan fingerprint density at radius 1 is 0.778 bits per heavy atom. The molecule has 0 heterocycles. The van der Waals surface area contributed by atoms with Crippen molar-refractivity contribution in [1.82, 2.24) is 0 Å². The van der Waals surface area contributed by atoms with Crippen LogP contribution in [-0.4, -0.2) is 0 Å². The average Bonchev–Trinajstić information content (AvgIpc) is 1.89. The van der Waals surface area contributed by atoms with Crippen molar-refractivity contribution in [2.75, 3.05) is 0 Å². The zero-order valence-electron chi connectivity index (χ0n) is 6.12. The van der Waals surface area contributed by atoms with E-state index >= 15 is 0 Å². The quantitative estimate of drug-likeness (QED) is 0.430. The predicted molar refractivity (Wildman–Crippen MR) is 40.8 cm³/mol. The molecule has 0 nitrogen and oxygen atoms in total. The Balaban J connectivity index is 3.28. The molecule has 0 saturated heterocycles. The summed E-state index contributed by atoms with van der Waals surface area (Å²) in [6.07, 6.45) is 2.61. The van der Waals surface area contributed by atoms with Crippen molar-refractivity contribution < 1.29 is 0 Å². The van der Waals surface area contributed by atoms with E-state index in [9.17, 15) is 0 Å². The summed E-state index contributed by atoms with van der Waals surface area (Å²) in [4.78, 5) is 0. The molecule has 9 heavy (non-hydrogen) atoms. The van der Waals surface area contributed by atoms with Gasteiger partial charge >= 0.3 is 0 Å². The van der Waals surface area contributed by atoms with E-state index < -0.39 is 0 Å². The number of hydrogen-bond donors (Lipinski definition) is 0. The molecule has 0 spiro atoms. The van der Waals surface area contributed by atoms with Crippen LogP contribution < -0.4 is 0 Å². The molecule has 0 radical (unpaired) electrons. The molecule has 48 valence electrons. The average molecular weight is 120 g/mol. The maximum atomic E-state index is 2.95. The third kappa shape index (κ3) is 7.12. The zero-order chi connectivity index (χ0) is 6.95. The fraction of sp³-hybridized carbons (Fsp3) is 0.556. The molecular formula is C9H12. The van der Waals surface area contributed by atoms with Crippen molar-refractivity contribution in [2.45, 2.75) is 33.1 Å². The van der Waals surface area contributed by atoms with Gasteiger partial charge in [-0.15, -0.1) is 11.8 Å². The van der Waals surface area contributed by atoms with Crippen LogP contribution in [0.3, 0.4) is 0 Å². The van der Waals surface area contributed by atoms with Gasteiger partial charge in [0.25, 0.3) is 0 Å². The molecule has 0 saturated carbocycles. The molecule has 0 bridgehead atoms. The molecule has 0 aromatic carbocycles. The minimum Gasteiger partial charge on any atom is -0.103 e. The SMILES string of the molecule is CCC#CCC#CCC. The van der Waals surface area contributed by atoms with Crippen molar-refractivity contribution in [3.05, 3.63) is 0 Å². The van der Waals surface area contributed by atoms with Crippen molar-refractivity contribution in [3.8, 4) is 23.7 Å². The normalized spacial score (nSPS) is 6.44. The Morgan fingerprint density at radius 2 is 1.22 bits per heavy atom. The summed E-state index contributed by atoms with van der Waals surface area (Å²) >= 11 is 0. The molecule has 0 N–H and O–H groups in total. The lowest BCUT2D eigenvalue weighted by Gasteiger charge is -1.70. The second-order valence-corrected chi connectivity index (χ2v) is 1.59. The van der Waals surface area contributed by atoms with E-state index in [1.165, 1.54) is 0 Å². The molecule has 0 aromatic heterocycles. The summed E-state index contributed by atoms with van der Waals surface area (Å²) in [6.45, 7) is 4.08. The highest BCUT2D eigenvalue weighted by Gasteiger charge is 1.64. The van der Waals surface area contributed by atoms with E-state index in [4.69, 9.17) is 0 Å². The molecule has 0 rings (SSSR count). The first-order valence-electron chi connectivity index (χ1n) is 3.33. The molecule has 0 aromatic rings. The Kier molecular flexibility index (Phi) is 6.42. The first kappa shape index (κ1) is 8.12. The van der Waals surface area contributed by atoms with Gasteiger partial charge in [0.05, 0.1) is 6.42 Å². The molecule has 0 amide bonds. The van der Waals surface area contributed by atoms with Crippen molar-refractivity contribution in [1.29, 1.82) is 0 Å². The fourth-order valence-corrected chi connectivity index (χ4v) is 0.419. The van der Waals surface area contributed by atoms with Gasteiger partial charge in [-0.25, -0.2) is 0 Å². The van der Waals surface area contributed by atoms with Crippen LogP contribution in [0, 0.1) is 23.7 Å². The largest absolute Gasteiger partial charge is 0.103 e. The summed E-state index contributed by atoms with van der Waals surface area (Å²) in [6, 6.07) is 0. The maximum Gasteiger partial charge on any atom is 0.0702 e. The van der Waals surface area contributed by atoms with Crippen molar-refractivity contribution >= 4 is 0 Å². The second kappa shape index (κ2) is 7.12. The second-order valence-electron chi connectivity index (χ2n) is 1.59. The predicted octanol–water partition coefficient (Wildman–Crippen LogP) is 2.20. The van der Waals surface area contributed by atoms with E-state index in [-0.39, 0.29) is 0 Å². The summed E-state index contributed by atoms with van der Waals surface area (Å²) in [5, 5.41) is 0. The van der Waals surface area contributed by atoms with E-state index in [1.807, 2.05) is 13.8 Å². The van der Waals surface area contributed by atoms with Gasteiger partial charge in [-0.1, -0.05) is 25.7 Å². The molecule has 0 aliphatic rings. The first-order valence-corrected chi connectivity index (χ1v) is 3.33. The molecule has 0 heteroatoms. The summed E-state index contributed by atoms with van der Waals surface area (Å²) in [7, 11) is 0. The molecular weight excluding hydrogens is 108 g/mol. The van der Waals surface area contributed by atoms with Gasteiger partial charge < -0.3 is 0 Å². The Hall–Kier alpha value is -0.880. The Labute approximate surface area is 57.7 Å². The zero-order valence-corrected chi connectivity index (χ0v) is 6.12. The minimum absolute atomic E-state index is 0.738. The lowest BCUT2D eigenvalue weighted by atomic mass is 10.3. The van der Waals surface area contributed by atoms with Crippen LogP contribution >= 0.6 is 0 Å². The minimum atomic E-state index is 0.738. The molecule has 0 fully saturated rings. The van der Waals surface area contributed by atoms with Crippen LogP contribution in [0.1, 0.15) is 33.1 Å². The van der Waals surface area contributed by atoms with E-state index in [0.717, 1.165) is 19.3 Å². The smallest absolute Gasteiger partial charge is 0.0702 e.